The van der Waals surface area contributed by atoms with Gasteiger partial charge in [-0.15, -0.1) is 0 Å². The highest BCUT2D eigenvalue weighted by atomic mass is 35.5. The number of H-pyrrole nitrogens is 5. The number of piperidine rings is 1. The number of likely N-dealkylation sites (tertiary alicyclic amines) is 1. The molecule has 29 heteroatoms. The van der Waals surface area contributed by atoms with E-state index in [1.54, 1.807) is 41.1 Å². The van der Waals surface area contributed by atoms with E-state index in [-0.39, 0.29) is 34.5 Å². The molecule has 5 aromatic carbocycles. The molecule has 5 aliphatic rings. The summed E-state index contributed by atoms with van der Waals surface area (Å²) in [7, 11) is -6.30. The third-order valence-corrected chi connectivity index (χ3v) is 22.6. The topological polar surface area (TPSA) is 271 Å². The van der Waals surface area contributed by atoms with Crippen LogP contribution >= 0.6 is 23.2 Å². The summed E-state index contributed by atoms with van der Waals surface area (Å²) < 4.78 is 115. The summed E-state index contributed by atoms with van der Waals surface area (Å²) in [5.41, 5.74) is 13.7. The minimum Gasteiger partial charge on any atom is -0.395 e. The minimum atomic E-state index is -4.35. The van der Waals surface area contributed by atoms with Crippen molar-refractivity contribution in [2.75, 3.05) is 91.1 Å². The van der Waals surface area contributed by atoms with Crippen LogP contribution in [0, 0.1) is 23.0 Å². The van der Waals surface area contributed by atoms with Crippen LogP contribution < -0.4 is 5.32 Å². The maximum absolute atomic E-state index is 13.6. The van der Waals surface area contributed by atoms with E-state index in [1.165, 1.54) is 68.8 Å². The van der Waals surface area contributed by atoms with Crippen LogP contribution in [-0.2, 0) is 35.8 Å². The Balaban J connectivity index is 0.000000131. The fraction of sp³-hybridized carbons (Fsp3) is 0.316. The molecule has 0 spiro atoms. The number of amides is 4. The van der Waals surface area contributed by atoms with E-state index < -0.39 is 43.4 Å². The molecule has 15 rings (SSSR count). The highest BCUT2D eigenvalue weighted by molar-refractivity contribution is 7.88. The molecule has 0 bridgehead atoms. The Bertz CT molecular complexity index is 5330. The zero-order valence-electron chi connectivity index (χ0n) is 58.0. The number of aliphatic hydroxyl groups excluding tert-OH is 1. The molecule has 552 valence electrons. The number of fused-ring (bicyclic) bond motifs is 5. The van der Waals surface area contributed by atoms with Gasteiger partial charge in [0.2, 0.25) is 31.9 Å². The van der Waals surface area contributed by atoms with E-state index in [0.29, 0.717) is 101 Å². The third-order valence-electron chi connectivity index (χ3n) is 19.5. The summed E-state index contributed by atoms with van der Waals surface area (Å²) in [6.07, 6.45) is 20.0. The average Bonchev–Trinajstić information content (AvgIpc) is 1.69. The molecular weight excluding hydrogens is 1440 g/mol. The van der Waals surface area contributed by atoms with E-state index in [0.717, 1.165) is 116 Å². The Morgan fingerprint density at radius 2 is 0.962 bits per heavy atom. The molecule has 1 saturated heterocycles. The van der Waals surface area contributed by atoms with Gasteiger partial charge in [0.05, 0.1) is 46.4 Å². The SMILES string of the molecule is CC(=O)N1CC=C(c2c[nH]c3cc(Cl)c(F)cc23)CC1.CC(=O)N1CC=C(c2c[nH]c3ccc(C(F)(F)F)cc23)CC1.CS(=O)(=O)N1CC=C(c2c[nH]c3cc(Cl)c(F)cc23)CC1.CS(=O)(=O)N1CC=C(c2c[nH]c3ccc(C#N)cc23)CC1.O=C(NCCO)N1CCC(c2c[nH]c3ccccc23)CC1. The predicted octanol–water partition coefficient (Wildman–Crippen LogP) is 14.6. The fourth-order valence-corrected chi connectivity index (χ4v) is 15.5. The van der Waals surface area contributed by atoms with E-state index in [1.807, 2.05) is 66.0 Å². The summed E-state index contributed by atoms with van der Waals surface area (Å²) in [5, 5.41) is 25.1. The molecule has 0 radical (unpaired) electrons. The van der Waals surface area contributed by atoms with Gasteiger partial charge in [-0.25, -0.2) is 30.4 Å². The average molecular weight is 1520 g/mol. The lowest BCUT2D eigenvalue weighted by atomic mass is 9.89. The van der Waals surface area contributed by atoms with Crippen molar-refractivity contribution in [3.05, 3.63) is 201 Å². The Morgan fingerprint density at radius 1 is 0.543 bits per heavy atom. The highest BCUT2D eigenvalue weighted by Crippen LogP contribution is 2.39. The first kappa shape index (κ1) is 76.6. The molecule has 1 fully saturated rings. The molecule has 20 nitrogen and oxygen atoms in total. The normalized spacial score (nSPS) is 16.4. The van der Waals surface area contributed by atoms with Gasteiger partial charge < -0.3 is 50.0 Å². The Morgan fingerprint density at radius 3 is 1.38 bits per heavy atom. The van der Waals surface area contributed by atoms with Crippen LogP contribution in [0.4, 0.5) is 26.7 Å². The minimum absolute atomic E-state index is 0.00795. The van der Waals surface area contributed by atoms with Crippen LogP contribution in [0.25, 0.3) is 76.8 Å². The van der Waals surface area contributed by atoms with Gasteiger partial charge in [-0.1, -0.05) is 65.7 Å². The number of aromatic amines is 5. The number of hydrogen-bond acceptors (Lipinski definition) is 9. The summed E-state index contributed by atoms with van der Waals surface area (Å²) in [6, 6.07) is 25.7. The number of halogens is 7. The Hall–Kier alpha value is -9.53. The van der Waals surface area contributed by atoms with E-state index in [9.17, 15) is 53.2 Å². The van der Waals surface area contributed by atoms with Crippen molar-refractivity contribution in [3.8, 4) is 6.07 Å². The van der Waals surface area contributed by atoms with Crippen LogP contribution in [-0.4, -0.2) is 179 Å². The zero-order chi connectivity index (χ0) is 75.1. The number of para-hydroxylation sites is 1. The third kappa shape index (κ3) is 18.2. The number of hydrogen-bond donors (Lipinski definition) is 7. The number of aliphatic hydroxyl groups is 1. The smallest absolute Gasteiger partial charge is 0.395 e. The second kappa shape index (κ2) is 32.9. The van der Waals surface area contributed by atoms with Crippen LogP contribution in [0.3, 0.4) is 0 Å². The Kier molecular flexibility index (Phi) is 24.0. The molecular formula is C76H79Cl2F5N12O8S2. The monoisotopic (exact) mass is 1520 g/mol. The second-order valence-electron chi connectivity index (χ2n) is 26.2. The zero-order valence-corrected chi connectivity index (χ0v) is 61.2. The lowest BCUT2D eigenvalue weighted by Crippen LogP contribution is -2.44. The van der Waals surface area contributed by atoms with Gasteiger partial charge in [-0.3, -0.25) is 9.59 Å². The lowest BCUT2D eigenvalue weighted by molar-refractivity contribution is -0.137. The van der Waals surface area contributed by atoms with E-state index in [4.69, 9.17) is 33.6 Å². The van der Waals surface area contributed by atoms with Crippen molar-refractivity contribution < 1.29 is 58.3 Å². The number of aromatic nitrogens is 5. The molecule has 105 heavy (non-hydrogen) atoms. The Labute approximate surface area is 613 Å². The molecule has 5 aliphatic heterocycles. The molecule has 0 saturated carbocycles. The molecule has 10 aromatic rings. The predicted molar refractivity (Wildman–Crippen MR) is 403 cm³/mol. The van der Waals surface area contributed by atoms with Crippen molar-refractivity contribution >= 4 is 138 Å². The fourth-order valence-electron chi connectivity index (χ4n) is 13.7. The maximum Gasteiger partial charge on any atom is 0.416 e. The van der Waals surface area contributed by atoms with Crippen molar-refractivity contribution in [1.82, 2.24) is 53.5 Å². The second-order valence-corrected chi connectivity index (χ2v) is 30.9. The summed E-state index contributed by atoms with van der Waals surface area (Å²) >= 11 is 11.6. The van der Waals surface area contributed by atoms with Crippen molar-refractivity contribution in [2.24, 2.45) is 0 Å². The molecule has 0 atom stereocenters. The number of nitrogens with one attached hydrogen (secondary N) is 6. The van der Waals surface area contributed by atoms with Crippen LogP contribution in [0.1, 0.15) is 97.2 Å². The first-order chi connectivity index (χ1) is 50.1. The largest absolute Gasteiger partial charge is 0.416 e. The molecule has 5 aromatic heterocycles. The quantitative estimate of drug-likeness (QED) is 0.0676. The number of sulfonamides is 2. The van der Waals surface area contributed by atoms with Crippen molar-refractivity contribution in [3.63, 3.8) is 0 Å². The van der Waals surface area contributed by atoms with Crippen LogP contribution in [0.5, 0.6) is 0 Å². The summed E-state index contributed by atoms with van der Waals surface area (Å²) in [4.78, 5) is 55.5. The van der Waals surface area contributed by atoms with E-state index >= 15 is 0 Å². The van der Waals surface area contributed by atoms with Gasteiger partial charge in [-0.05, 0) is 139 Å². The number of nitrogens with zero attached hydrogens (tertiary/aromatic N) is 6. The van der Waals surface area contributed by atoms with Gasteiger partial charge in [-0.2, -0.15) is 27.0 Å². The van der Waals surface area contributed by atoms with Crippen molar-refractivity contribution in [2.45, 2.75) is 64.5 Å². The van der Waals surface area contributed by atoms with Gasteiger partial charge in [0.25, 0.3) is 0 Å². The number of carbonyl (C=O) groups excluding carboxylic acids is 3. The molecule has 0 unspecified atom stereocenters. The van der Waals surface area contributed by atoms with E-state index in [2.05, 4.69) is 60.7 Å². The number of urea groups is 1. The summed E-state index contributed by atoms with van der Waals surface area (Å²) in [5.74, 6) is -0.283. The first-order valence-electron chi connectivity index (χ1n) is 34.1. The van der Waals surface area contributed by atoms with Crippen LogP contribution in [0.2, 0.25) is 10.0 Å². The lowest BCUT2D eigenvalue weighted by Gasteiger charge is -2.32. The maximum atomic E-state index is 13.6. The standard InChI is InChI=1S/C16H15F3N2O.C16H21N3O2.C15H14ClFN2O.C15H15N3O2S.C14H14ClFN2O2S/c1-10(22)21-6-4-11(5-7-21)14-9-20-15-3-2-12(8-13(14)15)16(17,18)19;20-10-7-17-16(21)19-8-5-12(6-9-19)14-11-18-15-4-2-1-3-13(14)15;1-9(20)19-4-2-10(3-5-19)12-8-18-15-7-13(16)14(17)6-11(12)15;1-21(19,20)18-6-4-12(5-7-18)14-10-17-15-3-2-11(9-16)8-13(14)15;1-21(19,20)18-4-2-9(3-5-18)11-8-17-14-7-12(15)13(16)6-10(11)14/h2-4,8-9,20H,5-7H2,1H3;1-4,11-12,18,20H,5-10H2,(H,17,21);2,6-8,18H,3-5H2,1H3;2-4,8,10,17H,5-7H2,1H3;2,6-8,17H,3-5H2,1H3. The van der Waals surface area contributed by atoms with Crippen LogP contribution in [0.15, 0.2) is 140 Å². The molecule has 0 aliphatic carbocycles. The first-order valence-corrected chi connectivity index (χ1v) is 38.5. The molecule has 4 amide bonds. The number of alkyl halides is 3. The molecule has 10 heterocycles. The number of carbonyl (C=O) groups is 3. The number of benzene rings is 5. The van der Waals surface area contributed by atoms with Crippen molar-refractivity contribution in [1.29, 1.82) is 5.26 Å². The van der Waals surface area contributed by atoms with Gasteiger partial charge >= 0.3 is 12.2 Å². The van der Waals surface area contributed by atoms with Gasteiger partial charge in [0.1, 0.15) is 11.6 Å². The van der Waals surface area contributed by atoms with Gasteiger partial charge in [0.15, 0.2) is 0 Å². The number of nitriles is 1. The van der Waals surface area contributed by atoms with Gasteiger partial charge in [0, 0.05) is 194 Å². The molecule has 7 N–H and O–H groups in total. The highest BCUT2D eigenvalue weighted by Gasteiger charge is 2.32. The number of rotatable bonds is 9. The summed E-state index contributed by atoms with van der Waals surface area (Å²) in [6.45, 7) is 8.99.